The second-order valence-corrected chi connectivity index (χ2v) is 12.1. The monoisotopic (exact) mass is 527 g/mol. The third-order valence-electron chi connectivity index (χ3n) is 7.35. The Bertz CT molecular complexity index is 1340. The number of nitrogens with zero attached hydrogens (tertiary/aromatic N) is 1. The molecule has 0 aliphatic rings. The average molecular weight is 528 g/mol. The fraction of sp³-hybridized carbons (Fsp3) is 0.294. The molecule has 4 aromatic carbocycles. The summed E-state index contributed by atoms with van der Waals surface area (Å²) in [4.78, 5) is 1.99. The molecule has 2 nitrogen and oxygen atoms in total. The number of hydrogen-bond donors (Lipinski definition) is 1. The highest BCUT2D eigenvalue weighted by Gasteiger charge is 2.34. The van der Waals surface area contributed by atoms with Gasteiger partial charge in [-0.05, 0) is 65.0 Å². The Morgan fingerprint density at radius 3 is 2.00 bits per heavy atom. The van der Waals surface area contributed by atoms with E-state index in [1.165, 1.54) is 16.7 Å². The Morgan fingerprint density at radius 2 is 1.42 bits per heavy atom. The fourth-order valence-corrected chi connectivity index (χ4v) is 7.38. The van der Waals surface area contributed by atoms with Crippen LogP contribution >= 0.6 is 8.58 Å². The van der Waals surface area contributed by atoms with Gasteiger partial charge in [-0.15, -0.1) is 0 Å². The van der Waals surface area contributed by atoms with Crippen LogP contribution in [0.1, 0.15) is 60.9 Å². The second kappa shape index (κ2) is 12.6. The summed E-state index contributed by atoms with van der Waals surface area (Å²) in [5, 5.41) is 12.7. The smallest absolute Gasteiger partial charge is 0.125 e. The quantitative estimate of drug-likeness (QED) is 0.199. The molecule has 38 heavy (non-hydrogen) atoms. The van der Waals surface area contributed by atoms with E-state index in [4.69, 9.17) is 0 Å². The average Bonchev–Trinajstić information content (AvgIpc) is 2.92. The van der Waals surface area contributed by atoms with E-state index in [1.807, 2.05) is 49.3 Å². The molecule has 2 unspecified atom stereocenters. The van der Waals surface area contributed by atoms with Gasteiger partial charge in [0.05, 0.1) is 0 Å². The molecule has 0 amide bonds. The van der Waals surface area contributed by atoms with Gasteiger partial charge in [-0.1, -0.05) is 102 Å². The van der Waals surface area contributed by atoms with Crippen molar-refractivity contribution in [3.63, 3.8) is 0 Å². The van der Waals surface area contributed by atoms with Crippen molar-refractivity contribution in [2.24, 2.45) is 0 Å². The van der Waals surface area contributed by atoms with E-state index in [1.54, 1.807) is 12.1 Å². The zero-order valence-electron chi connectivity index (χ0n) is 23.0. The van der Waals surface area contributed by atoms with Gasteiger partial charge in [0.25, 0.3) is 0 Å². The van der Waals surface area contributed by atoms with Crippen LogP contribution in [0.5, 0.6) is 5.75 Å². The van der Waals surface area contributed by atoms with E-state index in [2.05, 4.69) is 62.4 Å². The highest BCUT2D eigenvalue weighted by Crippen LogP contribution is 2.52. The van der Waals surface area contributed by atoms with Crippen molar-refractivity contribution in [2.45, 2.75) is 51.1 Å². The Morgan fingerprint density at radius 1 is 0.789 bits per heavy atom. The normalized spacial score (nSPS) is 13.1. The Hall–Kier alpha value is -3.16. The minimum Gasteiger partial charge on any atom is -0.507 e. The zero-order chi connectivity index (χ0) is 27.1. The summed E-state index contributed by atoms with van der Waals surface area (Å²) in [6.07, 6.45) is 4.31. The Kier molecular flexibility index (Phi) is 9.23. The summed E-state index contributed by atoms with van der Waals surface area (Å²) in [6, 6.07) is 30.4. The van der Waals surface area contributed by atoms with Crippen molar-refractivity contribution in [1.82, 2.24) is 0 Å². The van der Waals surface area contributed by atoms with Gasteiger partial charge in [0, 0.05) is 36.9 Å². The van der Waals surface area contributed by atoms with Crippen LogP contribution in [0.4, 0.5) is 10.1 Å². The van der Waals surface area contributed by atoms with Crippen LogP contribution in [0.15, 0.2) is 91.0 Å². The molecule has 0 aliphatic heterocycles. The molecule has 4 aromatic rings. The lowest BCUT2D eigenvalue weighted by Crippen LogP contribution is -2.26. The summed E-state index contributed by atoms with van der Waals surface area (Å²) < 4.78 is 14.2. The number of rotatable bonds is 11. The van der Waals surface area contributed by atoms with Crippen molar-refractivity contribution < 1.29 is 9.50 Å². The van der Waals surface area contributed by atoms with Crippen LogP contribution in [-0.2, 0) is 18.0 Å². The van der Waals surface area contributed by atoms with E-state index < -0.39 is 0 Å². The molecule has 0 fully saturated rings. The third kappa shape index (κ3) is 6.45. The second-order valence-electron chi connectivity index (χ2n) is 10.3. The molecular weight excluding hydrogens is 488 g/mol. The van der Waals surface area contributed by atoms with Gasteiger partial charge in [0.2, 0.25) is 0 Å². The molecule has 0 saturated carbocycles. The summed E-state index contributed by atoms with van der Waals surface area (Å²) in [5.74, 6) is 0.180. The van der Waals surface area contributed by atoms with E-state index in [0.29, 0.717) is 20.8 Å². The first kappa shape index (κ1) is 27.9. The fourth-order valence-electron chi connectivity index (χ4n) is 5.39. The lowest BCUT2D eigenvalue weighted by molar-refractivity contribution is 0.437. The Balaban J connectivity index is 1.87. The molecule has 0 heterocycles. The minimum absolute atomic E-state index is 0.224. The van der Waals surface area contributed by atoms with Gasteiger partial charge in [0.1, 0.15) is 11.6 Å². The molecule has 4 heteroatoms. The number of halogens is 1. The maximum absolute atomic E-state index is 14.2. The van der Waals surface area contributed by atoms with Crippen LogP contribution in [0.3, 0.4) is 0 Å². The summed E-state index contributed by atoms with van der Waals surface area (Å²) in [5.41, 5.74) is 6.53. The standard InChI is InChI=1S/C34H39FNOP/c1-5-19-34(6-2,38-32-18-17-29(35)24-31(32)36(3)4)30-23-27(20-25-13-9-7-10-14-25)22-28(33(30)37)21-26-15-11-8-12-16-26/h7-18,22-24,37-38H,5-6,19-21H2,1-4H3. The number of benzene rings is 4. The summed E-state index contributed by atoms with van der Waals surface area (Å²) in [6.45, 7) is 4.43. The number of hydrogen-bond acceptors (Lipinski definition) is 2. The predicted molar refractivity (Wildman–Crippen MR) is 162 cm³/mol. The lowest BCUT2D eigenvalue weighted by atomic mass is 9.85. The van der Waals surface area contributed by atoms with Gasteiger partial charge in [0.15, 0.2) is 0 Å². The van der Waals surface area contributed by atoms with Crippen LogP contribution in [0.25, 0.3) is 0 Å². The third-order valence-corrected chi connectivity index (χ3v) is 9.39. The number of phenolic OH excluding ortho intramolecular Hbond substituents is 1. The minimum atomic E-state index is -0.250. The first-order valence-electron chi connectivity index (χ1n) is 13.5. The molecule has 198 valence electrons. The van der Waals surface area contributed by atoms with Gasteiger partial charge in [-0.25, -0.2) is 4.39 Å². The number of phenols is 1. The van der Waals surface area contributed by atoms with Crippen molar-refractivity contribution in [3.05, 3.63) is 125 Å². The maximum Gasteiger partial charge on any atom is 0.125 e. The van der Waals surface area contributed by atoms with Gasteiger partial charge in [-0.3, -0.25) is 0 Å². The van der Waals surface area contributed by atoms with Crippen LogP contribution < -0.4 is 10.2 Å². The largest absolute Gasteiger partial charge is 0.507 e. The SMILES string of the molecule is CCCC(CC)(Pc1ccc(F)cc1N(C)C)c1cc(Cc2ccccc2)cc(Cc2ccccc2)c1O. The molecule has 0 saturated heterocycles. The molecule has 0 bridgehead atoms. The van der Waals surface area contributed by atoms with Crippen LogP contribution in [0.2, 0.25) is 0 Å². The number of aromatic hydroxyl groups is 1. The lowest BCUT2D eigenvalue weighted by Gasteiger charge is -2.36. The highest BCUT2D eigenvalue weighted by atomic mass is 31.1. The van der Waals surface area contributed by atoms with E-state index >= 15 is 0 Å². The first-order valence-corrected chi connectivity index (χ1v) is 14.5. The molecule has 0 spiro atoms. The number of anilines is 1. The summed E-state index contributed by atoms with van der Waals surface area (Å²) in [7, 11) is 4.32. The molecule has 0 aliphatic carbocycles. The molecule has 4 rings (SSSR count). The Labute approximate surface area is 229 Å². The van der Waals surface area contributed by atoms with Gasteiger partial charge in [-0.2, -0.15) is 0 Å². The first-order chi connectivity index (χ1) is 18.3. The summed E-state index contributed by atoms with van der Waals surface area (Å²) >= 11 is 0. The van der Waals surface area contributed by atoms with Crippen molar-refractivity contribution in [1.29, 1.82) is 0 Å². The topological polar surface area (TPSA) is 23.5 Å². The zero-order valence-corrected chi connectivity index (χ0v) is 24.0. The highest BCUT2D eigenvalue weighted by molar-refractivity contribution is 7.49. The molecule has 1 N–H and O–H groups in total. The van der Waals surface area contributed by atoms with E-state index in [9.17, 15) is 9.50 Å². The van der Waals surface area contributed by atoms with E-state index in [0.717, 1.165) is 47.8 Å². The van der Waals surface area contributed by atoms with Gasteiger partial charge < -0.3 is 10.0 Å². The predicted octanol–water partition coefficient (Wildman–Crippen LogP) is 8.19. The van der Waals surface area contributed by atoms with Crippen molar-refractivity contribution in [2.75, 3.05) is 19.0 Å². The van der Waals surface area contributed by atoms with Crippen LogP contribution in [-0.4, -0.2) is 19.2 Å². The van der Waals surface area contributed by atoms with Crippen molar-refractivity contribution >= 4 is 19.6 Å². The molecule has 0 aromatic heterocycles. The van der Waals surface area contributed by atoms with Crippen molar-refractivity contribution in [3.8, 4) is 5.75 Å². The molecule has 2 atom stereocenters. The molecule has 0 radical (unpaired) electrons. The maximum atomic E-state index is 14.2. The van der Waals surface area contributed by atoms with E-state index in [-0.39, 0.29) is 11.0 Å². The van der Waals surface area contributed by atoms with Gasteiger partial charge >= 0.3 is 0 Å². The molecular formula is C34H39FNOP. The van der Waals surface area contributed by atoms with Crippen LogP contribution in [0, 0.1) is 5.82 Å².